The summed E-state index contributed by atoms with van der Waals surface area (Å²) in [5.74, 6) is 2.35. The summed E-state index contributed by atoms with van der Waals surface area (Å²) in [4.78, 5) is 4.70. The van der Waals surface area contributed by atoms with Crippen molar-refractivity contribution in [1.82, 2.24) is 4.98 Å². The van der Waals surface area contributed by atoms with Gasteiger partial charge in [-0.1, -0.05) is 18.2 Å². The molecular weight excluding hydrogens is 190 g/mol. The van der Waals surface area contributed by atoms with Crippen LogP contribution >= 0.6 is 11.8 Å². The number of benzene rings is 1. The summed E-state index contributed by atoms with van der Waals surface area (Å²) in [5, 5.41) is 1.27. The fraction of sp³-hybridized carbons (Fsp3) is 0.250. The molecule has 2 aromatic rings. The maximum atomic E-state index is 4.70. The number of para-hydroxylation sites is 1. The predicted molar refractivity (Wildman–Crippen MR) is 61.6 cm³/mol. The summed E-state index contributed by atoms with van der Waals surface area (Å²) in [7, 11) is 0. The Morgan fingerprint density at radius 1 is 1.21 bits per heavy atom. The summed E-state index contributed by atoms with van der Waals surface area (Å²) in [6, 6.07) is 10.7. The lowest BCUT2D eigenvalue weighted by Crippen LogP contribution is -2.04. The van der Waals surface area contributed by atoms with Gasteiger partial charge >= 0.3 is 0 Å². The fourth-order valence-electron chi connectivity index (χ4n) is 1.89. The van der Waals surface area contributed by atoms with Crippen molar-refractivity contribution in [3.63, 3.8) is 0 Å². The summed E-state index contributed by atoms with van der Waals surface area (Å²) in [6.07, 6.45) is 1.13. The van der Waals surface area contributed by atoms with Gasteiger partial charge in [0.25, 0.3) is 0 Å². The Bertz CT molecular complexity index is 434. The van der Waals surface area contributed by atoms with Crippen molar-refractivity contribution in [2.24, 2.45) is 0 Å². The van der Waals surface area contributed by atoms with E-state index in [1.54, 1.807) is 0 Å². The van der Waals surface area contributed by atoms with Gasteiger partial charge in [0.05, 0.1) is 5.52 Å². The van der Waals surface area contributed by atoms with Crippen LogP contribution in [0.15, 0.2) is 30.3 Å². The molecule has 3 rings (SSSR count). The van der Waals surface area contributed by atoms with Gasteiger partial charge in [0, 0.05) is 16.8 Å². The Labute approximate surface area is 87.5 Å². The zero-order valence-corrected chi connectivity index (χ0v) is 8.68. The molecule has 0 bridgehead atoms. The van der Waals surface area contributed by atoms with E-state index < -0.39 is 0 Å². The van der Waals surface area contributed by atoms with Gasteiger partial charge in [0.1, 0.15) is 0 Å². The van der Waals surface area contributed by atoms with E-state index in [1.807, 2.05) is 11.8 Å². The molecule has 14 heavy (non-hydrogen) atoms. The summed E-state index contributed by atoms with van der Waals surface area (Å²) in [5.41, 5.74) is 3.88. The SMILES string of the molecule is c1ccc2nc3c(cc2c1)CSCC3. The maximum Gasteiger partial charge on any atom is 0.0705 e. The number of nitrogens with zero attached hydrogens (tertiary/aromatic N) is 1. The molecule has 0 aliphatic carbocycles. The molecule has 0 amide bonds. The average Bonchev–Trinajstić information content (AvgIpc) is 2.26. The van der Waals surface area contributed by atoms with Crippen LogP contribution in [0.2, 0.25) is 0 Å². The van der Waals surface area contributed by atoms with Crippen LogP contribution in [0.4, 0.5) is 0 Å². The smallest absolute Gasteiger partial charge is 0.0705 e. The predicted octanol–water partition coefficient (Wildman–Crippen LogP) is 3.02. The van der Waals surface area contributed by atoms with Crippen molar-refractivity contribution in [1.29, 1.82) is 0 Å². The number of aromatic nitrogens is 1. The van der Waals surface area contributed by atoms with Crippen LogP contribution in [-0.2, 0) is 12.2 Å². The molecule has 2 heteroatoms. The van der Waals surface area contributed by atoms with Crippen LogP contribution in [0, 0.1) is 0 Å². The molecule has 0 saturated heterocycles. The van der Waals surface area contributed by atoms with Crippen molar-refractivity contribution in [3.8, 4) is 0 Å². The Balaban J connectivity index is 2.27. The first-order valence-corrected chi connectivity index (χ1v) is 6.04. The van der Waals surface area contributed by atoms with E-state index in [4.69, 9.17) is 4.98 Å². The molecule has 1 aromatic heterocycles. The van der Waals surface area contributed by atoms with E-state index in [2.05, 4.69) is 30.3 Å². The maximum absolute atomic E-state index is 4.70. The van der Waals surface area contributed by atoms with Gasteiger partial charge in [0.15, 0.2) is 0 Å². The fourth-order valence-corrected chi connectivity index (χ4v) is 2.84. The standard InChI is InChI=1S/C12H11NS/c1-2-4-11-9(3-1)7-10-8-14-6-5-12(10)13-11/h1-4,7H,5-6,8H2. The van der Waals surface area contributed by atoms with E-state index in [0.717, 1.165) is 17.7 Å². The molecule has 1 nitrogen and oxygen atoms in total. The lowest BCUT2D eigenvalue weighted by atomic mass is 10.1. The molecule has 2 heterocycles. The van der Waals surface area contributed by atoms with Crippen molar-refractivity contribution < 1.29 is 0 Å². The summed E-state index contributed by atoms with van der Waals surface area (Å²) < 4.78 is 0. The van der Waals surface area contributed by atoms with Crippen LogP contribution in [-0.4, -0.2) is 10.7 Å². The Morgan fingerprint density at radius 2 is 2.14 bits per heavy atom. The number of thioether (sulfide) groups is 1. The molecule has 1 aromatic carbocycles. The third-order valence-electron chi connectivity index (χ3n) is 2.63. The normalized spacial score (nSPS) is 15.4. The third kappa shape index (κ3) is 1.30. The highest BCUT2D eigenvalue weighted by atomic mass is 32.2. The lowest BCUT2D eigenvalue weighted by Gasteiger charge is -2.14. The molecule has 0 radical (unpaired) electrons. The molecular formula is C12H11NS. The first-order chi connectivity index (χ1) is 6.93. The molecule has 0 atom stereocenters. The minimum atomic E-state index is 1.13. The second-order valence-electron chi connectivity index (χ2n) is 3.59. The number of hydrogen-bond acceptors (Lipinski definition) is 2. The second-order valence-corrected chi connectivity index (χ2v) is 4.69. The minimum absolute atomic E-state index is 1.13. The van der Waals surface area contributed by atoms with Gasteiger partial charge in [-0.05, 0) is 29.9 Å². The molecule has 0 saturated carbocycles. The zero-order chi connectivity index (χ0) is 9.38. The molecule has 0 unspecified atom stereocenters. The van der Waals surface area contributed by atoms with E-state index in [0.29, 0.717) is 0 Å². The highest BCUT2D eigenvalue weighted by Crippen LogP contribution is 2.26. The van der Waals surface area contributed by atoms with Crippen LogP contribution in [0.25, 0.3) is 10.9 Å². The van der Waals surface area contributed by atoms with Crippen molar-refractivity contribution in [3.05, 3.63) is 41.6 Å². The Kier molecular flexibility index (Phi) is 1.95. The van der Waals surface area contributed by atoms with Gasteiger partial charge in [-0.25, -0.2) is 0 Å². The molecule has 1 aliphatic heterocycles. The lowest BCUT2D eigenvalue weighted by molar-refractivity contribution is 1.01. The van der Waals surface area contributed by atoms with Crippen LogP contribution in [0.1, 0.15) is 11.3 Å². The Morgan fingerprint density at radius 3 is 3.14 bits per heavy atom. The van der Waals surface area contributed by atoms with Crippen molar-refractivity contribution in [2.75, 3.05) is 5.75 Å². The average molecular weight is 201 g/mol. The summed E-state index contributed by atoms with van der Waals surface area (Å²) in [6.45, 7) is 0. The van der Waals surface area contributed by atoms with Gasteiger partial charge in [0.2, 0.25) is 0 Å². The summed E-state index contributed by atoms with van der Waals surface area (Å²) >= 11 is 2.01. The third-order valence-corrected chi connectivity index (χ3v) is 3.64. The largest absolute Gasteiger partial charge is 0.252 e. The first-order valence-electron chi connectivity index (χ1n) is 4.89. The number of rotatable bonds is 0. The van der Waals surface area contributed by atoms with Gasteiger partial charge in [-0.15, -0.1) is 0 Å². The zero-order valence-electron chi connectivity index (χ0n) is 7.86. The van der Waals surface area contributed by atoms with E-state index in [-0.39, 0.29) is 0 Å². The monoisotopic (exact) mass is 201 g/mol. The number of hydrogen-bond donors (Lipinski definition) is 0. The van der Waals surface area contributed by atoms with Crippen molar-refractivity contribution >= 4 is 22.7 Å². The minimum Gasteiger partial charge on any atom is -0.252 e. The molecule has 0 N–H and O–H groups in total. The van der Waals surface area contributed by atoms with Crippen LogP contribution < -0.4 is 0 Å². The first kappa shape index (κ1) is 8.30. The number of fused-ring (bicyclic) bond motifs is 2. The van der Waals surface area contributed by atoms with Crippen LogP contribution in [0.5, 0.6) is 0 Å². The number of aryl methyl sites for hydroxylation is 1. The van der Waals surface area contributed by atoms with Gasteiger partial charge < -0.3 is 0 Å². The number of pyridine rings is 1. The topological polar surface area (TPSA) is 12.9 Å². The van der Waals surface area contributed by atoms with Gasteiger partial charge in [-0.3, -0.25) is 4.98 Å². The van der Waals surface area contributed by atoms with E-state index in [9.17, 15) is 0 Å². The molecule has 70 valence electrons. The molecule has 0 spiro atoms. The quantitative estimate of drug-likeness (QED) is 0.650. The highest BCUT2D eigenvalue weighted by molar-refractivity contribution is 7.98. The molecule has 0 fully saturated rings. The Hall–Kier alpha value is -1.02. The van der Waals surface area contributed by atoms with Crippen molar-refractivity contribution in [2.45, 2.75) is 12.2 Å². The van der Waals surface area contributed by atoms with Gasteiger partial charge in [-0.2, -0.15) is 11.8 Å². The van der Waals surface area contributed by atoms with Crippen LogP contribution in [0.3, 0.4) is 0 Å². The second kappa shape index (κ2) is 3.28. The highest BCUT2D eigenvalue weighted by Gasteiger charge is 2.11. The van der Waals surface area contributed by atoms with E-state index >= 15 is 0 Å². The molecule has 1 aliphatic rings. The van der Waals surface area contributed by atoms with E-state index in [1.165, 1.54) is 22.4 Å².